The molecule has 4 aromatic rings. The van der Waals surface area contributed by atoms with Crippen molar-refractivity contribution in [1.82, 2.24) is 35.5 Å². The lowest BCUT2D eigenvalue weighted by Crippen LogP contribution is -2.23. The number of carbonyl (C=O) groups excluding carboxylic acids is 1. The van der Waals surface area contributed by atoms with Gasteiger partial charge in [-0.3, -0.25) is 14.5 Å². The monoisotopic (exact) mass is 549 g/mol. The molecule has 2 aliphatic rings. The van der Waals surface area contributed by atoms with E-state index in [9.17, 15) is 18.0 Å². The molecule has 0 unspecified atom stereocenters. The number of alkyl halides is 3. The molecule has 0 aromatic carbocycles. The fraction of sp³-hybridized carbons (Fsp3) is 0.357. The third-order valence-electron chi connectivity index (χ3n) is 7.17. The highest BCUT2D eigenvalue weighted by Gasteiger charge is 2.35. The molecule has 0 spiro atoms. The first kappa shape index (κ1) is 25.9. The number of nitrogens with one attached hydrogen (secondary N) is 1. The largest absolute Gasteiger partial charge is 0.472 e. The van der Waals surface area contributed by atoms with Crippen molar-refractivity contribution in [1.29, 1.82) is 0 Å². The van der Waals surface area contributed by atoms with Gasteiger partial charge >= 0.3 is 6.18 Å². The predicted octanol–water partition coefficient (Wildman–Crippen LogP) is 4.80. The van der Waals surface area contributed by atoms with Gasteiger partial charge in [-0.05, 0) is 67.9 Å². The zero-order chi connectivity index (χ0) is 27.7. The maximum absolute atomic E-state index is 12.7. The highest BCUT2D eigenvalue weighted by molar-refractivity contribution is 5.91. The molecule has 206 valence electrons. The van der Waals surface area contributed by atoms with Gasteiger partial charge in [0.05, 0.1) is 47.9 Å². The standard InChI is InChI=1S/C28H26F3N7O2/c29-28(30,31)19-6-7-21(32-13-19)14-33-27(39)25-15-38(37-36-25)9-2-1-3-20-11-23-24(35-34-20)12-22(17-4-5-17)26(23)18-8-10-40-16-18/h6-8,10-11,13,15-17H,1-5,9,12,14H2,(H,33,39). The maximum Gasteiger partial charge on any atom is 0.417 e. The molecule has 0 aliphatic heterocycles. The summed E-state index contributed by atoms with van der Waals surface area (Å²) >= 11 is 0. The summed E-state index contributed by atoms with van der Waals surface area (Å²) in [6, 6.07) is 6.32. The number of aryl methyl sites for hydroxylation is 2. The number of fused-ring (bicyclic) bond motifs is 1. The third-order valence-corrected chi connectivity index (χ3v) is 7.17. The Labute approximate surface area is 227 Å². The Balaban J connectivity index is 0.996. The molecule has 6 rings (SSSR count). The third kappa shape index (κ3) is 5.65. The highest BCUT2D eigenvalue weighted by Crippen LogP contribution is 2.48. The van der Waals surface area contributed by atoms with E-state index in [-0.39, 0.29) is 12.2 Å². The van der Waals surface area contributed by atoms with Gasteiger partial charge in [0.1, 0.15) is 0 Å². The van der Waals surface area contributed by atoms with Crippen LogP contribution in [0.3, 0.4) is 0 Å². The molecule has 0 atom stereocenters. The number of rotatable bonds is 10. The number of halogens is 3. The second-order valence-corrected chi connectivity index (χ2v) is 10.1. The number of furan rings is 1. The lowest BCUT2D eigenvalue weighted by molar-refractivity contribution is -0.137. The number of amides is 1. The fourth-order valence-electron chi connectivity index (χ4n) is 4.95. The highest BCUT2D eigenvalue weighted by atomic mass is 19.4. The van der Waals surface area contributed by atoms with Crippen LogP contribution >= 0.6 is 0 Å². The van der Waals surface area contributed by atoms with Gasteiger partial charge in [0.2, 0.25) is 0 Å². The van der Waals surface area contributed by atoms with E-state index in [1.54, 1.807) is 23.4 Å². The Bertz CT molecular complexity index is 1540. The minimum absolute atomic E-state index is 0.0225. The van der Waals surface area contributed by atoms with Crippen LogP contribution in [-0.4, -0.2) is 36.1 Å². The summed E-state index contributed by atoms with van der Waals surface area (Å²) in [5.74, 6) is 0.159. The molecule has 12 heteroatoms. The summed E-state index contributed by atoms with van der Waals surface area (Å²) in [5.41, 5.74) is 6.52. The minimum Gasteiger partial charge on any atom is -0.472 e. The van der Waals surface area contributed by atoms with Crippen molar-refractivity contribution in [3.05, 3.63) is 94.2 Å². The van der Waals surface area contributed by atoms with Crippen LogP contribution in [0.15, 0.2) is 59.2 Å². The Hall–Kier alpha value is -4.35. The summed E-state index contributed by atoms with van der Waals surface area (Å²) in [5, 5.41) is 19.5. The molecule has 4 heterocycles. The van der Waals surface area contributed by atoms with Gasteiger partial charge in [-0.15, -0.1) is 5.10 Å². The Kier molecular flexibility index (Phi) is 6.91. The lowest BCUT2D eigenvalue weighted by atomic mass is 9.98. The number of aromatic nitrogens is 6. The summed E-state index contributed by atoms with van der Waals surface area (Å²) in [7, 11) is 0. The first-order valence-corrected chi connectivity index (χ1v) is 13.2. The van der Waals surface area contributed by atoms with Gasteiger partial charge in [-0.1, -0.05) is 10.8 Å². The summed E-state index contributed by atoms with van der Waals surface area (Å²) in [6.45, 7) is 0.552. The fourth-order valence-corrected chi connectivity index (χ4v) is 4.95. The van der Waals surface area contributed by atoms with E-state index in [0.29, 0.717) is 18.2 Å². The van der Waals surface area contributed by atoms with Gasteiger partial charge in [-0.25, -0.2) is 0 Å². The average molecular weight is 550 g/mol. The molecule has 0 saturated heterocycles. The predicted molar refractivity (Wildman–Crippen MR) is 137 cm³/mol. The zero-order valence-corrected chi connectivity index (χ0v) is 21.5. The van der Waals surface area contributed by atoms with Crippen molar-refractivity contribution in [2.45, 2.75) is 57.8 Å². The van der Waals surface area contributed by atoms with Crippen molar-refractivity contribution in [2.24, 2.45) is 5.92 Å². The molecule has 40 heavy (non-hydrogen) atoms. The van der Waals surface area contributed by atoms with E-state index < -0.39 is 17.6 Å². The Morgan fingerprint density at radius 1 is 1.10 bits per heavy atom. The summed E-state index contributed by atoms with van der Waals surface area (Å²) in [4.78, 5) is 16.1. The number of pyridine rings is 1. The number of nitrogens with zero attached hydrogens (tertiary/aromatic N) is 6. The van der Waals surface area contributed by atoms with Gasteiger partial charge in [0, 0.05) is 30.3 Å². The molecule has 1 fully saturated rings. The van der Waals surface area contributed by atoms with Crippen LogP contribution in [0.5, 0.6) is 0 Å². The number of hydrogen-bond acceptors (Lipinski definition) is 7. The topological polar surface area (TPSA) is 112 Å². The van der Waals surface area contributed by atoms with Crippen LogP contribution in [0.1, 0.15) is 69.9 Å². The van der Waals surface area contributed by atoms with Crippen LogP contribution < -0.4 is 5.32 Å². The molecule has 9 nitrogen and oxygen atoms in total. The first-order chi connectivity index (χ1) is 19.3. The van der Waals surface area contributed by atoms with E-state index in [0.717, 1.165) is 60.5 Å². The second kappa shape index (κ2) is 10.7. The van der Waals surface area contributed by atoms with Crippen LogP contribution in [0.4, 0.5) is 13.2 Å². The first-order valence-electron chi connectivity index (χ1n) is 13.2. The Morgan fingerprint density at radius 3 is 2.70 bits per heavy atom. The number of unbranched alkanes of at least 4 members (excludes halogenated alkanes) is 1. The molecule has 4 aromatic heterocycles. The van der Waals surface area contributed by atoms with Crippen LogP contribution in [-0.2, 0) is 32.1 Å². The van der Waals surface area contributed by atoms with Crippen LogP contribution in [0.2, 0.25) is 0 Å². The van der Waals surface area contributed by atoms with E-state index in [2.05, 4.69) is 36.9 Å². The van der Waals surface area contributed by atoms with Crippen molar-refractivity contribution < 1.29 is 22.4 Å². The molecule has 2 aliphatic carbocycles. The number of hydrogen-bond donors (Lipinski definition) is 1. The van der Waals surface area contributed by atoms with E-state index in [1.807, 2.05) is 6.07 Å². The van der Waals surface area contributed by atoms with Gasteiger partial charge in [0.15, 0.2) is 5.69 Å². The van der Waals surface area contributed by atoms with Crippen LogP contribution in [0, 0.1) is 5.92 Å². The van der Waals surface area contributed by atoms with Crippen LogP contribution in [0.25, 0.3) is 5.57 Å². The minimum atomic E-state index is -4.46. The molecular weight excluding hydrogens is 523 g/mol. The molecule has 1 N–H and O–H groups in total. The zero-order valence-electron chi connectivity index (χ0n) is 21.5. The van der Waals surface area contributed by atoms with Gasteiger partial charge in [-0.2, -0.15) is 23.4 Å². The molecular formula is C28H26F3N7O2. The summed E-state index contributed by atoms with van der Waals surface area (Å²) in [6.07, 6.45) is 7.07. The average Bonchev–Trinajstić information content (AvgIpc) is 3.30. The van der Waals surface area contributed by atoms with E-state index in [1.165, 1.54) is 30.1 Å². The normalized spacial score (nSPS) is 15.0. The van der Waals surface area contributed by atoms with Crippen molar-refractivity contribution in [2.75, 3.05) is 0 Å². The molecule has 0 bridgehead atoms. The maximum atomic E-state index is 12.7. The quantitative estimate of drug-likeness (QED) is 0.283. The van der Waals surface area contributed by atoms with E-state index >= 15 is 0 Å². The molecule has 1 saturated carbocycles. The Morgan fingerprint density at radius 2 is 1.98 bits per heavy atom. The summed E-state index contributed by atoms with van der Waals surface area (Å²) < 4.78 is 45.0. The van der Waals surface area contributed by atoms with E-state index in [4.69, 9.17) is 4.42 Å². The van der Waals surface area contributed by atoms with Crippen molar-refractivity contribution in [3.63, 3.8) is 0 Å². The lowest BCUT2D eigenvalue weighted by Gasteiger charge is -2.07. The van der Waals surface area contributed by atoms with Crippen molar-refractivity contribution in [3.8, 4) is 0 Å². The molecule has 1 amide bonds. The number of allylic oxidation sites excluding steroid dienone is 1. The van der Waals surface area contributed by atoms with Gasteiger partial charge < -0.3 is 9.73 Å². The second-order valence-electron chi connectivity index (χ2n) is 10.1. The molecule has 0 radical (unpaired) electrons. The smallest absolute Gasteiger partial charge is 0.417 e. The van der Waals surface area contributed by atoms with Gasteiger partial charge in [0.25, 0.3) is 5.91 Å². The van der Waals surface area contributed by atoms with Crippen molar-refractivity contribution >= 4 is 11.5 Å². The number of carbonyl (C=O) groups is 1. The SMILES string of the molecule is O=C(NCc1ccc(C(F)(F)F)cn1)c1cn(CCCCc2cc3c(nn2)CC(C2CC2)=C3c2ccoc2)nn1.